The Balaban J connectivity index is 0. The average Bonchev–Trinajstić information content (AvgIpc) is 0. The predicted molar refractivity (Wildman–Crippen MR) is 15.6 cm³/mol. The van der Waals surface area contributed by atoms with Gasteiger partial charge in [0.25, 0.3) is 0 Å². The minimum absolute atomic E-state index is 0. The van der Waals surface area contributed by atoms with Crippen LogP contribution in [0.25, 0.3) is 0 Å². The Kier molecular flexibility index (Phi) is 4820. The van der Waals surface area contributed by atoms with Crippen molar-refractivity contribution in [2.24, 2.45) is 0 Å². The molecule has 0 aliphatic rings. The molecule has 0 aromatic rings. The van der Waals surface area contributed by atoms with Crippen molar-refractivity contribution in [1.29, 1.82) is 0 Å². The van der Waals surface area contributed by atoms with Crippen LogP contribution in [0.15, 0.2) is 0 Å². The maximum Gasteiger partial charge on any atom is 4.00 e. The first-order valence-corrected chi connectivity index (χ1v) is 0. The molecule has 0 bridgehead atoms. The van der Waals surface area contributed by atoms with Gasteiger partial charge in [-0.2, -0.15) is 0 Å². The van der Waals surface area contributed by atoms with Crippen molar-refractivity contribution in [2.45, 2.75) is 0 Å². The van der Waals surface area contributed by atoms with Crippen molar-refractivity contribution in [3.8, 4) is 0 Å². The zero-order valence-corrected chi connectivity index (χ0v) is 15.1. The second-order valence-electron chi connectivity index (χ2n) is 0. The summed E-state index contributed by atoms with van der Waals surface area (Å²) in [6.07, 6.45) is 0. The predicted octanol–water partition coefficient (Wildman–Crippen LogP) is -1.48. The molecule has 0 atom stereocenters. The van der Waals surface area contributed by atoms with Crippen LogP contribution < -0.4 is 0 Å². The van der Waals surface area contributed by atoms with Gasteiger partial charge in [0.2, 0.25) is 0 Å². The molecule has 0 aliphatic heterocycles. The van der Waals surface area contributed by atoms with E-state index < -0.39 is 0 Å². The summed E-state index contributed by atoms with van der Waals surface area (Å²) in [6, 6.07) is 0. The Morgan fingerprint density at radius 2 is 0.500 bits per heavy atom. The first-order valence-electron chi connectivity index (χ1n) is 0. The van der Waals surface area contributed by atoms with E-state index in [4.69, 9.17) is 0 Å². The maximum absolute atomic E-state index is 0. The zero-order chi connectivity index (χ0) is 0. The van der Waals surface area contributed by atoms with Crippen molar-refractivity contribution in [3.63, 3.8) is 0 Å². The topological polar surface area (TPSA) is 171 Å². The standard InChI is InChI=1S/Ga.In.6O.Ti.Zn/q2*+3;6*-2;+4;+2. The summed E-state index contributed by atoms with van der Waals surface area (Å²) < 4.78 is 0. The van der Waals surface area contributed by atoms with E-state index in [-0.39, 0.29) is 120 Å². The van der Waals surface area contributed by atoms with Gasteiger partial charge < -0.3 is 32.9 Å². The average molecular weight is 394 g/mol. The van der Waals surface area contributed by atoms with E-state index in [1.54, 1.807) is 0 Å². The molecule has 0 unspecified atom stereocenters. The largest absolute Gasteiger partial charge is 4.00 e. The van der Waals surface area contributed by atoms with Crippen LogP contribution in [0.2, 0.25) is 0 Å². The van der Waals surface area contributed by atoms with Crippen LogP contribution in [0.5, 0.6) is 0 Å². The number of hydrogen-bond acceptors (Lipinski definition) is 0. The van der Waals surface area contributed by atoms with Gasteiger partial charge in [0.05, 0.1) is 0 Å². The second kappa shape index (κ2) is 192. The molecule has 0 amide bonds. The quantitative estimate of drug-likeness (QED) is 0.437. The molecule has 10 heavy (non-hydrogen) atoms. The Bertz CT molecular complexity index is 17.7. The molecule has 10 heteroatoms. The molecule has 48 valence electrons. The molecule has 0 rings (SSSR count). The van der Waals surface area contributed by atoms with Crippen molar-refractivity contribution >= 4 is 45.6 Å². The molecule has 0 saturated heterocycles. The van der Waals surface area contributed by atoms with Crippen LogP contribution in [0.1, 0.15) is 0 Å². The van der Waals surface area contributed by atoms with Crippen LogP contribution >= 0.6 is 0 Å². The Morgan fingerprint density at radius 1 is 0.500 bits per heavy atom. The summed E-state index contributed by atoms with van der Waals surface area (Å²) >= 11 is 0. The molecule has 0 fully saturated rings. The number of hydrogen-bond donors (Lipinski definition) is 0. The van der Waals surface area contributed by atoms with E-state index in [2.05, 4.69) is 0 Å². The first-order chi connectivity index (χ1) is 0. The Morgan fingerprint density at radius 3 is 0.500 bits per heavy atom. The van der Waals surface area contributed by atoms with Crippen LogP contribution in [0.4, 0.5) is 0 Å². The van der Waals surface area contributed by atoms with E-state index in [0.29, 0.717) is 0 Å². The van der Waals surface area contributed by atoms with Crippen molar-refractivity contribution in [3.05, 3.63) is 0 Å². The fraction of sp³-hybridized carbons (Fsp3) is 0. The van der Waals surface area contributed by atoms with E-state index in [1.807, 2.05) is 0 Å². The van der Waals surface area contributed by atoms with Crippen LogP contribution in [0, 0.1) is 0 Å². The fourth-order valence-electron chi connectivity index (χ4n) is 0. The third-order valence-corrected chi connectivity index (χ3v) is 0. The summed E-state index contributed by atoms with van der Waals surface area (Å²) in [4.78, 5) is 0. The van der Waals surface area contributed by atoms with Crippen molar-refractivity contribution < 1.29 is 74.1 Å². The van der Waals surface area contributed by atoms with Gasteiger partial charge in [-0.3, -0.25) is 0 Å². The third kappa shape index (κ3) is 144. The molecular formula is GaInO6TiZn. The number of rotatable bonds is 0. The summed E-state index contributed by atoms with van der Waals surface area (Å²) in [5.74, 6) is 0. The summed E-state index contributed by atoms with van der Waals surface area (Å²) in [5, 5.41) is 0. The van der Waals surface area contributed by atoms with E-state index in [0.717, 1.165) is 0 Å². The molecule has 0 aromatic heterocycles. The van der Waals surface area contributed by atoms with Gasteiger partial charge in [-0.05, 0) is 0 Å². The molecule has 0 radical (unpaired) electrons. The minimum Gasteiger partial charge on any atom is -2.00 e. The molecular weight excluding hydrogens is 394 g/mol. The van der Waals surface area contributed by atoms with E-state index in [9.17, 15) is 0 Å². The van der Waals surface area contributed by atoms with Crippen molar-refractivity contribution in [2.75, 3.05) is 0 Å². The SMILES string of the molecule is [Ga+3].[In+3].[O-2].[O-2].[O-2].[O-2].[O-2].[O-2].[Ti+4].[Zn+2]. The van der Waals surface area contributed by atoms with Gasteiger partial charge in [-0.25, -0.2) is 0 Å². The van der Waals surface area contributed by atoms with E-state index in [1.165, 1.54) is 0 Å². The van der Waals surface area contributed by atoms with Crippen LogP contribution in [0.3, 0.4) is 0 Å². The van der Waals surface area contributed by atoms with Gasteiger partial charge in [0.1, 0.15) is 0 Å². The first kappa shape index (κ1) is 250. The molecule has 6 nitrogen and oxygen atoms in total. The summed E-state index contributed by atoms with van der Waals surface area (Å²) in [5.41, 5.74) is 0. The molecule has 0 spiro atoms. The Labute approximate surface area is 118 Å². The van der Waals surface area contributed by atoms with Gasteiger partial charge >= 0.3 is 86.8 Å². The van der Waals surface area contributed by atoms with Gasteiger partial charge in [-0.15, -0.1) is 0 Å². The second-order valence-corrected chi connectivity index (χ2v) is 0. The molecule has 0 heterocycles. The molecule has 0 N–H and O–H groups in total. The summed E-state index contributed by atoms with van der Waals surface area (Å²) in [7, 11) is 0. The minimum atomic E-state index is 0. The van der Waals surface area contributed by atoms with Gasteiger partial charge in [0, 0.05) is 0 Å². The Hall–Kier alpha value is 2.60. The van der Waals surface area contributed by atoms with E-state index >= 15 is 0 Å². The smallest absolute Gasteiger partial charge is 2.00 e. The molecule has 0 aromatic carbocycles. The maximum atomic E-state index is 0. The zero-order valence-electron chi connectivity index (χ0n) is 4.81. The normalized spacial score (nSPS) is 0. The van der Waals surface area contributed by atoms with Gasteiger partial charge in [0.15, 0.2) is 0 Å². The fourth-order valence-corrected chi connectivity index (χ4v) is 0. The third-order valence-electron chi connectivity index (χ3n) is 0. The van der Waals surface area contributed by atoms with Crippen LogP contribution in [-0.2, 0) is 74.1 Å². The van der Waals surface area contributed by atoms with Crippen LogP contribution in [-0.4, -0.2) is 45.6 Å². The molecule has 0 aliphatic carbocycles. The van der Waals surface area contributed by atoms with Gasteiger partial charge in [-0.1, -0.05) is 0 Å². The molecule has 0 saturated carbocycles. The monoisotopic (exact) mass is 392 g/mol. The van der Waals surface area contributed by atoms with Crippen molar-refractivity contribution in [1.82, 2.24) is 0 Å². The summed E-state index contributed by atoms with van der Waals surface area (Å²) in [6.45, 7) is 0.